The number of anilines is 2. The number of fused-ring (bicyclic) bond motifs is 1. The fourth-order valence-corrected chi connectivity index (χ4v) is 3.58. The first kappa shape index (κ1) is 22.4. The van der Waals surface area contributed by atoms with Crippen LogP contribution in [0.1, 0.15) is 13.8 Å². The van der Waals surface area contributed by atoms with E-state index in [4.69, 9.17) is 26.1 Å². The van der Waals surface area contributed by atoms with Crippen LogP contribution in [0.25, 0.3) is 22.2 Å². The Morgan fingerprint density at radius 2 is 1.61 bits per heavy atom. The molecule has 0 aliphatic rings. The van der Waals surface area contributed by atoms with E-state index in [-0.39, 0.29) is 6.03 Å². The highest BCUT2D eigenvalue weighted by atomic mass is 35.5. The number of ether oxygens (including phenoxy) is 2. The Morgan fingerprint density at radius 3 is 2.36 bits per heavy atom. The number of carbonyl (C=O) groups is 1. The number of halogens is 1. The van der Waals surface area contributed by atoms with Crippen molar-refractivity contribution in [1.29, 1.82) is 0 Å². The molecule has 0 saturated heterocycles. The van der Waals surface area contributed by atoms with Crippen LogP contribution in [-0.4, -0.2) is 24.2 Å². The van der Waals surface area contributed by atoms with Crippen LogP contribution in [0.5, 0.6) is 11.5 Å². The highest BCUT2D eigenvalue weighted by Crippen LogP contribution is 2.32. The average Bonchev–Trinajstić information content (AvgIpc) is 2.81. The van der Waals surface area contributed by atoms with Crippen molar-refractivity contribution in [3.63, 3.8) is 0 Å². The number of nitrogens with zero attached hydrogens (tertiary/aromatic N) is 1. The van der Waals surface area contributed by atoms with Crippen molar-refractivity contribution in [2.24, 2.45) is 0 Å². The first-order valence-corrected chi connectivity index (χ1v) is 11.1. The number of amides is 2. The molecule has 4 rings (SSSR count). The van der Waals surface area contributed by atoms with Gasteiger partial charge in [-0.2, -0.15) is 0 Å². The van der Waals surface area contributed by atoms with Gasteiger partial charge in [0.2, 0.25) is 0 Å². The highest BCUT2D eigenvalue weighted by Gasteiger charge is 2.12. The van der Waals surface area contributed by atoms with Crippen molar-refractivity contribution in [2.45, 2.75) is 13.8 Å². The number of carbonyl (C=O) groups excluding carboxylic acids is 1. The van der Waals surface area contributed by atoms with Crippen molar-refractivity contribution in [1.82, 2.24) is 4.98 Å². The summed E-state index contributed by atoms with van der Waals surface area (Å²) in [5, 5.41) is 7.18. The van der Waals surface area contributed by atoms with Gasteiger partial charge in [0.05, 0.1) is 30.1 Å². The molecule has 0 fully saturated rings. The van der Waals surface area contributed by atoms with Crippen LogP contribution >= 0.6 is 11.6 Å². The molecule has 0 radical (unpaired) electrons. The number of hydrogen-bond acceptors (Lipinski definition) is 4. The van der Waals surface area contributed by atoms with Crippen LogP contribution in [0.3, 0.4) is 0 Å². The molecule has 33 heavy (non-hydrogen) atoms. The molecule has 0 unspecified atom stereocenters. The Morgan fingerprint density at radius 1 is 0.879 bits per heavy atom. The van der Waals surface area contributed by atoms with Crippen LogP contribution < -0.4 is 20.1 Å². The summed E-state index contributed by atoms with van der Waals surface area (Å²) >= 11 is 6.02. The zero-order valence-corrected chi connectivity index (χ0v) is 19.1. The molecular formula is C26H24ClN3O3. The summed E-state index contributed by atoms with van der Waals surface area (Å²) in [5.41, 5.74) is 3.71. The monoisotopic (exact) mass is 461 g/mol. The number of pyridine rings is 1. The molecule has 0 atom stereocenters. The van der Waals surface area contributed by atoms with Gasteiger partial charge in [-0.1, -0.05) is 35.9 Å². The van der Waals surface area contributed by atoms with E-state index in [1.807, 2.05) is 80.6 Å². The van der Waals surface area contributed by atoms with Gasteiger partial charge < -0.3 is 20.1 Å². The second-order valence-corrected chi connectivity index (χ2v) is 7.62. The molecule has 7 heteroatoms. The summed E-state index contributed by atoms with van der Waals surface area (Å²) in [4.78, 5) is 17.4. The van der Waals surface area contributed by atoms with Gasteiger partial charge in [0.1, 0.15) is 11.5 Å². The maximum atomic E-state index is 12.6. The highest BCUT2D eigenvalue weighted by molar-refractivity contribution is 6.30. The third-order valence-corrected chi connectivity index (χ3v) is 5.16. The van der Waals surface area contributed by atoms with E-state index in [1.165, 1.54) is 0 Å². The SMILES string of the molecule is CCOc1ccccc1NC(=O)Nc1ccc2nc(-c3ccc(Cl)cc3)cc(OCC)c2c1. The number of rotatable bonds is 7. The standard InChI is InChI=1S/C26H24ClN3O3/c1-3-32-24-8-6-5-7-22(24)30-26(31)28-19-13-14-21-20(15-19)25(33-4-2)16-23(29-21)17-9-11-18(27)12-10-17/h5-16H,3-4H2,1-2H3,(H2,28,30,31). The number of hydrogen-bond donors (Lipinski definition) is 2. The van der Waals surface area contributed by atoms with Gasteiger partial charge in [-0.05, 0) is 56.3 Å². The van der Waals surface area contributed by atoms with Gasteiger partial charge in [-0.3, -0.25) is 0 Å². The van der Waals surface area contributed by atoms with E-state index in [9.17, 15) is 4.79 Å². The smallest absolute Gasteiger partial charge is 0.323 e. The minimum Gasteiger partial charge on any atom is -0.493 e. The first-order valence-electron chi connectivity index (χ1n) is 10.7. The van der Waals surface area contributed by atoms with Gasteiger partial charge in [-0.25, -0.2) is 9.78 Å². The lowest BCUT2D eigenvalue weighted by molar-refractivity contribution is 0.262. The lowest BCUT2D eigenvalue weighted by atomic mass is 10.1. The third kappa shape index (κ3) is 5.35. The molecule has 1 aromatic heterocycles. The lowest BCUT2D eigenvalue weighted by Crippen LogP contribution is -2.19. The molecular weight excluding hydrogens is 438 g/mol. The molecule has 2 amide bonds. The van der Waals surface area contributed by atoms with E-state index in [0.29, 0.717) is 41.1 Å². The number of urea groups is 1. The van der Waals surface area contributed by atoms with E-state index in [0.717, 1.165) is 22.2 Å². The second-order valence-electron chi connectivity index (χ2n) is 7.19. The van der Waals surface area contributed by atoms with E-state index in [2.05, 4.69) is 10.6 Å². The second kappa shape index (κ2) is 10.2. The number of nitrogens with one attached hydrogen (secondary N) is 2. The third-order valence-electron chi connectivity index (χ3n) is 4.90. The minimum atomic E-state index is -0.370. The maximum Gasteiger partial charge on any atom is 0.323 e. The lowest BCUT2D eigenvalue weighted by Gasteiger charge is -2.14. The van der Waals surface area contributed by atoms with Gasteiger partial charge in [0.15, 0.2) is 0 Å². The Hall–Kier alpha value is -3.77. The summed E-state index contributed by atoms with van der Waals surface area (Å²) in [7, 11) is 0. The number of aromatic nitrogens is 1. The molecule has 168 valence electrons. The van der Waals surface area contributed by atoms with Crippen LogP contribution in [-0.2, 0) is 0 Å². The van der Waals surface area contributed by atoms with E-state index < -0.39 is 0 Å². The largest absolute Gasteiger partial charge is 0.493 e. The summed E-state index contributed by atoms with van der Waals surface area (Å²) < 4.78 is 11.5. The fourth-order valence-electron chi connectivity index (χ4n) is 3.45. The molecule has 2 N–H and O–H groups in total. The first-order chi connectivity index (χ1) is 16.1. The average molecular weight is 462 g/mol. The molecule has 0 aliphatic carbocycles. The van der Waals surface area contributed by atoms with Gasteiger partial charge in [-0.15, -0.1) is 0 Å². The molecule has 4 aromatic rings. The van der Waals surface area contributed by atoms with Crippen molar-refractivity contribution >= 4 is 39.9 Å². The fraction of sp³-hybridized carbons (Fsp3) is 0.154. The summed E-state index contributed by atoms with van der Waals surface area (Å²) in [6.07, 6.45) is 0. The van der Waals surface area contributed by atoms with Crippen molar-refractivity contribution in [3.8, 4) is 22.8 Å². The molecule has 0 aliphatic heterocycles. The van der Waals surface area contributed by atoms with Crippen molar-refractivity contribution < 1.29 is 14.3 Å². The van der Waals surface area contributed by atoms with Crippen LogP contribution in [0, 0.1) is 0 Å². The predicted octanol–water partition coefficient (Wildman–Crippen LogP) is 7.00. The van der Waals surface area contributed by atoms with Crippen LogP contribution in [0.4, 0.5) is 16.2 Å². The maximum absolute atomic E-state index is 12.6. The topological polar surface area (TPSA) is 72.5 Å². The predicted molar refractivity (Wildman–Crippen MR) is 134 cm³/mol. The molecule has 0 spiro atoms. The van der Waals surface area contributed by atoms with Gasteiger partial charge >= 0.3 is 6.03 Å². The van der Waals surface area contributed by atoms with Crippen LogP contribution in [0.2, 0.25) is 5.02 Å². The van der Waals surface area contributed by atoms with Gasteiger partial charge in [0, 0.05) is 27.7 Å². The summed E-state index contributed by atoms with van der Waals surface area (Å²) in [6.45, 7) is 4.84. The zero-order valence-electron chi connectivity index (χ0n) is 18.4. The normalized spacial score (nSPS) is 10.6. The Kier molecular flexibility index (Phi) is 6.95. The Bertz CT molecular complexity index is 1280. The van der Waals surface area contributed by atoms with Crippen molar-refractivity contribution in [2.75, 3.05) is 23.8 Å². The summed E-state index contributed by atoms with van der Waals surface area (Å²) in [6, 6.07) is 21.9. The quantitative estimate of drug-likeness (QED) is 0.311. The molecule has 0 bridgehead atoms. The molecule has 3 aromatic carbocycles. The number of para-hydroxylation sites is 2. The number of benzene rings is 3. The Labute approximate surface area is 197 Å². The van der Waals surface area contributed by atoms with Crippen molar-refractivity contribution in [3.05, 3.63) is 77.8 Å². The zero-order chi connectivity index (χ0) is 23.2. The Balaban J connectivity index is 1.60. The molecule has 0 saturated carbocycles. The van der Waals surface area contributed by atoms with Gasteiger partial charge in [0.25, 0.3) is 0 Å². The minimum absolute atomic E-state index is 0.370. The molecule has 6 nitrogen and oxygen atoms in total. The van der Waals surface area contributed by atoms with E-state index in [1.54, 1.807) is 6.07 Å². The van der Waals surface area contributed by atoms with Crippen LogP contribution in [0.15, 0.2) is 72.8 Å². The molecule has 1 heterocycles. The summed E-state index contributed by atoms with van der Waals surface area (Å²) in [5.74, 6) is 1.31. The van der Waals surface area contributed by atoms with E-state index >= 15 is 0 Å².